The summed E-state index contributed by atoms with van der Waals surface area (Å²) in [6, 6.07) is 14.0. The normalized spacial score (nSPS) is 11.9. The molecule has 0 radical (unpaired) electrons. The molecule has 2 aromatic carbocycles. The highest BCUT2D eigenvalue weighted by molar-refractivity contribution is 7.98. The van der Waals surface area contributed by atoms with Gasteiger partial charge in [0.1, 0.15) is 5.75 Å². The van der Waals surface area contributed by atoms with Gasteiger partial charge < -0.3 is 9.30 Å². The molecule has 3 aromatic rings. The number of aryl methyl sites for hydroxylation is 1. The Morgan fingerprint density at radius 2 is 2.00 bits per heavy atom. The van der Waals surface area contributed by atoms with E-state index in [9.17, 15) is 4.79 Å². The molecule has 26 heavy (non-hydrogen) atoms. The summed E-state index contributed by atoms with van der Waals surface area (Å²) in [4.78, 5) is 18.9. The molecule has 0 atom stereocenters. The lowest BCUT2D eigenvalue weighted by Gasteiger charge is -2.03. The number of rotatable bonds is 6. The van der Waals surface area contributed by atoms with Gasteiger partial charge in [0.25, 0.3) is 5.91 Å². The smallest absolute Gasteiger partial charge is 0.252 e. The molecule has 1 heterocycles. The van der Waals surface area contributed by atoms with Crippen molar-refractivity contribution < 1.29 is 9.53 Å². The first-order valence-electron chi connectivity index (χ1n) is 8.52. The summed E-state index contributed by atoms with van der Waals surface area (Å²) in [5, 5.41) is 0. The van der Waals surface area contributed by atoms with Crippen LogP contribution in [0.1, 0.15) is 18.9 Å². The predicted octanol–water partition coefficient (Wildman–Crippen LogP) is 4.51. The molecule has 6 heteroatoms. The highest BCUT2D eigenvalue weighted by Crippen LogP contribution is 2.24. The largest absolute Gasteiger partial charge is 0.497 e. The van der Waals surface area contributed by atoms with Gasteiger partial charge >= 0.3 is 0 Å². The summed E-state index contributed by atoms with van der Waals surface area (Å²) in [5.41, 5.74) is 2.08. The van der Waals surface area contributed by atoms with Crippen LogP contribution in [-0.4, -0.2) is 23.8 Å². The Morgan fingerprint density at radius 3 is 2.65 bits per heavy atom. The number of nitrogens with zero attached hydrogens (tertiary/aromatic N) is 2. The van der Waals surface area contributed by atoms with Crippen molar-refractivity contribution in [1.82, 2.24) is 4.57 Å². The van der Waals surface area contributed by atoms with Crippen LogP contribution in [0, 0.1) is 0 Å². The SMILES string of the molecule is CCCn1c(=NC(=O)Cc2ccc(OC)cc2)sc2cc(SC)ccc21. The number of ether oxygens (including phenoxy) is 1. The van der Waals surface area contributed by atoms with E-state index in [1.807, 2.05) is 24.3 Å². The Bertz CT molecular complexity index is 972. The van der Waals surface area contributed by atoms with Crippen LogP contribution in [-0.2, 0) is 17.8 Å². The lowest BCUT2D eigenvalue weighted by atomic mass is 10.1. The van der Waals surface area contributed by atoms with Crippen LogP contribution in [0.3, 0.4) is 0 Å². The Morgan fingerprint density at radius 1 is 1.23 bits per heavy atom. The first kappa shape index (κ1) is 18.7. The molecule has 0 bridgehead atoms. The number of fused-ring (bicyclic) bond motifs is 1. The van der Waals surface area contributed by atoms with E-state index >= 15 is 0 Å². The zero-order valence-corrected chi connectivity index (χ0v) is 16.8. The van der Waals surface area contributed by atoms with Gasteiger partial charge in [0, 0.05) is 11.4 Å². The monoisotopic (exact) mass is 386 g/mol. The summed E-state index contributed by atoms with van der Waals surface area (Å²) < 4.78 is 8.47. The fourth-order valence-corrected chi connectivity index (χ4v) is 4.40. The van der Waals surface area contributed by atoms with Gasteiger partial charge in [-0.15, -0.1) is 11.8 Å². The molecule has 0 fully saturated rings. The van der Waals surface area contributed by atoms with Crippen molar-refractivity contribution in [2.45, 2.75) is 31.2 Å². The van der Waals surface area contributed by atoms with E-state index in [0.717, 1.165) is 34.6 Å². The molecule has 136 valence electrons. The second kappa shape index (κ2) is 8.56. The number of methoxy groups -OCH3 is 1. The zero-order valence-electron chi connectivity index (χ0n) is 15.2. The van der Waals surface area contributed by atoms with Crippen LogP contribution in [0.4, 0.5) is 0 Å². The summed E-state index contributed by atoms with van der Waals surface area (Å²) in [6.07, 6.45) is 3.36. The van der Waals surface area contributed by atoms with Crippen LogP contribution in [0.2, 0.25) is 0 Å². The number of thioether (sulfide) groups is 1. The van der Waals surface area contributed by atoms with Gasteiger partial charge in [-0.2, -0.15) is 4.99 Å². The number of hydrogen-bond acceptors (Lipinski definition) is 4. The fraction of sp³-hybridized carbons (Fsp3) is 0.300. The number of carbonyl (C=O) groups is 1. The predicted molar refractivity (Wildman–Crippen MR) is 109 cm³/mol. The van der Waals surface area contributed by atoms with Gasteiger partial charge in [-0.3, -0.25) is 4.79 Å². The molecule has 3 rings (SSSR count). The van der Waals surface area contributed by atoms with Gasteiger partial charge in [-0.1, -0.05) is 30.4 Å². The summed E-state index contributed by atoms with van der Waals surface area (Å²) >= 11 is 3.30. The summed E-state index contributed by atoms with van der Waals surface area (Å²) in [7, 11) is 1.63. The van der Waals surface area contributed by atoms with E-state index in [1.54, 1.807) is 30.2 Å². The molecule has 1 aromatic heterocycles. The molecule has 0 aliphatic carbocycles. The zero-order chi connectivity index (χ0) is 18.5. The van der Waals surface area contributed by atoms with Gasteiger partial charge in [0.15, 0.2) is 4.80 Å². The van der Waals surface area contributed by atoms with E-state index in [-0.39, 0.29) is 5.91 Å². The first-order valence-corrected chi connectivity index (χ1v) is 10.6. The number of thiazole rings is 1. The van der Waals surface area contributed by atoms with E-state index in [1.165, 1.54) is 9.60 Å². The Kier molecular flexibility index (Phi) is 6.16. The minimum atomic E-state index is -0.128. The van der Waals surface area contributed by atoms with Crippen molar-refractivity contribution in [3.8, 4) is 5.75 Å². The average molecular weight is 387 g/mol. The minimum absolute atomic E-state index is 0.128. The molecule has 0 spiro atoms. The van der Waals surface area contributed by atoms with Gasteiger partial charge in [-0.05, 0) is 48.6 Å². The van der Waals surface area contributed by atoms with Crippen molar-refractivity contribution in [1.29, 1.82) is 0 Å². The fourth-order valence-electron chi connectivity index (χ4n) is 2.77. The van der Waals surface area contributed by atoms with E-state index in [2.05, 4.69) is 40.9 Å². The van der Waals surface area contributed by atoms with Gasteiger partial charge in [0.2, 0.25) is 0 Å². The standard InChI is InChI=1S/C20H22N2O2S2/c1-4-11-22-17-10-9-16(25-3)13-18(17)26-20(22)21-19(23)12-14-5-7-15(24-2)8-6-14/h5-10,13H,4,11-12H2,1-3H3. The van der Waals surface area contributed by atoms with Crippen molar-refractivity contribution in [3.05, 3.63) is 52.8 Å². The Labute approximate surface area is 161 Å². The number of benzene rings is 2. The van der Waals surface area contributed by atoms with E-state index in [4.69, 9.17) is 4.74 Å². The molecular weight excluding hydrogens is 364 g/mol. The molecule has 4 nitrogen and oxygen atoms in total. The first-order chi connectivity index (χ1) is 12.6. The molecule has 1 amide bonds. The number of amides is 1. The number of carbonyl (C=O) groups excluding carboxylic acids is 1. The van der Waals surface area contributed by atoms with Crippen LogP contribution in [0.15, 0.2) is 52.4 Å². The third kappa shape index (κ3) is 4.19. The lowest BCUT2D eigenvalue weighted by molar-refractivity contribution is -0.117. The second-order valence-corrected chi connectivity index (χ2v) is 7.79. The van der Waals surface area contributed by atoms with E-state index in [0.29, 0.717) is 6.42 Å². The van der Waals surface area contributed by atoms with Crippen molar-refractivity contribution in [2.24, 2.45) is 4.99 Å². The quantitative estimate of drug-likeness (QED) is 0.585. The summed E-state index contributed by atoms with van der Waals surface area (Å²) in [5.74, 6) is 0.657. The maximum Gasteiger partial charge on any atom is 0.252 e. The second-order valence-electron chi connectivity index (χ2n) is 5.90. The molecule has 0 unspecified atom stereocenters. The van der Waals surface area contributed by atoms with Crippen LogP contribution >= 0.6 is 23.1 Å². The highest BCUT2D eigenvalue weighted by Gasteiger charge is 2.09. The van der Waals surface area contributed by atoms with E-state index < -0.39 is 0 Å². The van der Waals surface area contributed by atoms with Crippen LogP contribution in [0.5, 0.6) is 5.75 Å². The molecular formula is C20H22N2O2S2. The van der Waals surface area contributed by atoms with Crippen molar-refractivity contribution in [2.75, 3.05) is 13.4 Å². The molecule has 0 aliphatic heterocycles. The van der Waals surface area contributed by atoms with Crippen molar-refractivity contribution in [3.63, 3.8) is 0 Å². The minimum Gasteiger partial charge on any atom is -0.497 e. The number of hydrogen-bond donors (Lipinski definition) is 0. The maximum atomic E-state index is 12.5. The molecule has 0 saturated carbocycles. The maximum absolute atomic E-state index is 12.5. The van der Waals surface area contributed by atoms with Crippen molar-refractivity contribution >= 4 is 39.2 Å². The van der Waals surface area contributed by atoms with Gasteiger partial charge in [-0.25, -0.2) is 0 Å². The third-order valence-electron chi connectivity index (χ3n) is 4.07. The topological polar surface area (TPSA) is 43.6 Å². The average Bonchev–Trinajstić information content (AvgIpc) is 2.98. The van der Waals surface area contributed by atoms with Gasteiger partial charge in [0.05, 0.1) is 23.7 Å². The Balaban J connectivity index is 1.93. The van der Waals surface area contributed by atoms with Crippen LogP contribution in [0.25, 0.3) is 10.2 Å². The van der Waals surface area contributed by atoms with Crippen LogP contribution < -0.4 is 9.54 Å². The highest BCUT2D eigenvalue weighted by atomic mass is 32.2. The third-order valence-corrected chi connectivity index (χ3v) is 5.84. The lowest BCUT2D eigenvalue weighted by Crippen LogP contribution is -2.17. The molecule has 0 N–H and O–H groups in total. The summed E-state index contributed by atoms with van der Waals surface area (Å²) in [6.45, 7) is 2.99. The Hall–Kier alpha value is -2.05. The molecule has 0 aliphatic rings. The molecule has 0 saturated heterocycles. The number of aromatic nitrogens is 1.